The first kappa shape index (κ1) is 17.5. The topological polar surface area (TPSA) is 30.5 Å². The standard InChI is InChI=1S/C20H27NO2/c1-3-22-13-7-12-21-15-18-9-6-11-20(14-18)23-16-19-10-5-4-8-17(19)2/h4-6,8-11,14,21H,3,7,12-13,15-16H2,1-2H3. The van der Waals surface area contributed by atoms with Crippen molar-refractivity contribution in [3.63, 3.8) is 0 Å². The Morgan fingerprint density at radius 1 is 1.04 bits per heavy atom. The van der Waals surface area contributed by atoms with Gasteiger partial charge in [-0.1, -0.05) is 36.4 Å². The summed E-state index contributed by atoms with van der Waals surface area (Å²) in [4.78, 5) is 0. The van der Waals surface area contributed by atoms with E-state index in [0.717, 1.165) is 38.5 Å². The maximum atomic E-state index is 5.93. The van der Waals surface area contributed by atoms with Crippen molar-refractivity contribution in [3.8, 4) is 5.75 Å². The first-order valence-corrected chi connectivity index (χ1v) is 8.34. The fourth-order valence-electron chi connectivity index (χ4n) is 2.35. The van der Waals surface area contributed by atoms with Gasteiger partial charge in [-0.15, -0.1) is 0 Å². The maximum absolute atomic E-state index is 5.93. The second-order valence-corrected chi connectivity index (χ2v) is 5.59. The van der Waals surface area contributed by atoms with Crippen LogP contribution in [0.4, 0.5) is 0 Å². The third kappa shape index (κ3) is 6.43. The number of hydrogen-bond donors (Lipinski definition) is 1. The summed E-state index contributed by atoms with van der Waals surface area (Å²) in [7, 11) is 0. The number of hydrogen-bond acceptors (Lipinski definition) is 3. The molecule has 0 atom stereocenters. The van der Waals surface area contributed by atoms with E-state index in [9.17, 15) is 0 Å². The SMILES string of the molecule is CCOCCCNCc1cccc(OCc2ccccc2C)c1. The van der Waals surface area contributed by atoms with Crippen LogP contribution < -0.4 is 10.1 Å². The molecule has 3 nitrogen and oxygen atoms in total. The number of ether oxygens (including phenoxy) is 2. The van der Waals surface area contributed by atoms with Crippen molar-refractivity contribution in [1.82, 2.24) is 5.32 Å². The monoisotopic (exact) mass is 313 g/mol. The fraction of sp³-hybridized carbons (Fsp3) is 0.400. The van der Waals surface area contributed by atoms with Gasteiger partial charge in [0.25, 0.3) is 0 Å². The van der Waals surface area contributed by atoms with E-state index in [-0.39, 0.29) is 0 Å². The lowest BCUT2D eigenvalue weighted by atomic mass is 10.1. The van der Waals surface area contributed by atoms with Gasteiger partial charge in [-0.2, -0.15) is 0 Å². The zero-order chi connectivity index (χ0) is 16.3. The molecule has 0 unspecified atom stereocenters. The molecule has 2 rings (SSSR count). The predicted octanol–water partition coefficient (Wildman–Crippen LogP) is 4.09. The molecule has 0 aromatic heterocycles. The zero-order valence-electron chi connectivity index (χ0n) is 14.2. The maximum Gasteiger partial charge on any atom is 0.120 e. The molecule has 2 aromatic carbocycles. The number of aryl methyl sites for hydroxylation is 1. The van der Waals surface area contributed by atoms with Crippen LogP contribution in [0.2, 0.25) is 0 Å². The zero-order valence-corrected chi connectivity index (χ0v) is 14.2. The van der Waals surface area contributed by atoms with Crippen molar-refractivity contribution < 1.29 is 9.47 Å². The van der Waals surface area contributed by atoms with E-state index in [4.69, 9.17) is 9.47 Å². The lowest BCUT2D eigenvalue weighted by Gasteiger charge is -2.10. The second kappa shape index (κ2) is 10.0. The highest BCUT2D eigenvalue weighted by Crippen LogP contribution is 2.16. The van der Waals surface area contributed by atoms with E-state index in [1.807, 2.05) is 25.1 Å². The Morgan fingerprint density at radius 3 is 2.74 bits per heavy atom. The van der Waals surface area contributed by atoms with Crippen molar-refractivity contribution in [2.24, 2.45) is 0 Å². The minimum atomic E-state index is 0.609. The molecule has 0 aliphatic carbocycles. The summed E-state index contributed by atoms with van der Waals surface area (Å²) in [5.41, 5.74) is 3.73. The summed E-state index contributed by atoms with van der Waals surface area (Å²) in [6, 6.07) is 16.6. The minimum absolute atomic E-state index is 0.609. The van der Waals surface area contributed by atoms with Gasteiger partial charge >= 0.3 is 0 Å². The normalized spacial score (nSPS) is 10.7. The molecule has 3 heteroatoms. The lowest BCUT2D eigenvalue weighted by molar-refractivity contribution is 0.144. The molecule has 2 aromatic rings. The molecule has 0 spiro atoms. The Balaban J connectivity index is 1.77. The summed E-state index contributed by atoms with van der Waals surface area (Å²) in [5, 5.41) is 3.44. The Hall–Kier alpha value is -1.84. The van der Waals surface area contributed by atoms with Crippen molar-refractivity contribution in [3.05, 3.63) is 65.2 Å². The van der Waals surface area contributed by atoms with Gasteiger partial charge in [0.1, 0.15) is 12.4 Å². The molecule has 0 aliphatic heterocycles. The van der Waals surface area contributed by atoms with E-state index in [1.54, 1.807) is 0 Å². The molecule has 0 saturated carbocycles. The van der Waals surface area contributed by atoms with Crippen LogP contribution in [0.15, 0.2) is 48.5 Å². The Labute approximate surface area is 139 Å². The molecular weight excluding hydrogens is 286 g/mol. The van der Waals surface area contributed by atoms with Gasteiger partial charge in [0, 0.05) is 19.8 Å². The van der Waals surface area contributed by atoms with E-state index in [0.29, 0.717) is 6.61 Å². The van der Waals surface area contributed by atoms with Crippen LogP contribution in [0.1, 0.15) is 30.0 Å². The van der Waals surface area contributed by atoms with E-state index >= 15 is 0 Å². The summed E-state index contributed by atoms with van der Waals surface area (Å²) >= 11 is 0. The molecule has 0 saturated heterocycles. The molecule has 0 aliphatic rings. The van der Waals surface area contributed by atoms with Gasteiger partial charge < -0.3 is 14.8 Å². The smallest absolute Gasteiger partial charge is 0.120 e. The number of benzene rings is 2. The fourth-order valence-corrected chi connectivity index (χ4v) is 2.35. The van der Waals surface area contributed by atoms with Crippen LogP contribution in [0.3, 0.4) is 0 Å². The van der Waals surface area contributed by atoms with Gasteiger partial charge in [0.2, 0.25) is 0 Å². The average molecular weight is 313 g/mol. The molecule has 0 amide bonds. The second-order valence-electron chi connectivity index (χ2n) is 5.59. The Kier molecular flexibility index (Phi) is 7.64. The van der Waals surface area contributed by atoms with Crippen molar-refractivity contribution in [2.45, 2.75) is 33.4 Å². The quantitative estimate of drug-likeness (QED) is 0.670. The molecule has 0 heterocycles. The van der Waals surface area contributed by atoms with Crippen LogP contribution in [-0.2, 0) is 17.9 Å². The van der Waals surface area contributed by atoms with Crippen LogP contribution >= 0.6 is 0 Å². The highest BCUT2D eigenvalue weighted by atomic mass is 16.5. The predicted molar refractivity (Wildman–Crippen MR) is 94.8 cm³/mol. The van der Waals surface area contributed by atoms with Crippen molar-refractivity contribution >= 4 is 0 Å². The van der Waals surface area contributed by atoms with Gasteiger partial charge in [-0.25, -0.2) is 0 Å². The van der Waals surface area contributed by atoms with Gasteiger partial charge in [0.15, 0.2) is 0 Å². The largest absolute Gasteiger partial charge is 0.489 e. The minimum Gasteiger partial charge on any atom is -0.489 e. The number of rotatable bonds is 10. The summed E-state index contributed by atoms with van der Waals surface area (Å²) in [6.07, 6.45) is 1.04. The Morgan fingerprint density at radius 2 is 1.91 bits per heavy atom. The van der Waals surface area contributed by atoms with Gasteiger partial charge in [0.05, 0.1) is 0 Å². The van der Waals surface area contributed by atoms with Crippen LogP contribution in [0.25, 0.3) is 0 Å². The first-order valence-electron chi connectivity index (χ1n) is 8.34. The van der Waals surface area contributed by atoms with Gasteiger partial charge in [-0.3, -0.25) is 0 Å². The molecule has 0 fully saturated rings. The third-order valence-corrected chi connectivity index (χ3v) is 3.73. The lowest BCUT2D eigenvalue weighted by Crippen LogP contribution is -2.16. The molecule has 23 heavy (non-hydrogen) atoms. The summed E-state index contributed by atoms with van der Waals surface area (Å²) in [6.45, 7) is 8.18. The van der Waals surface area contributed by atoms with Gasteiger partial charge in [-0.05, 0) is 55.6 Å². The van der Waals surface area contributed by atoms with Crippen LogP contribution in [0, 0.1) is 6.92 Å². The molecule has 0 radical (unpaired) electrons. The number of nitrogens with one attached hydrogen (secondary N) is 1. The summed E-state index contributed by atoms with van der Waals surface area (Å²) in [5.74, 6) is 0.918. The highest BCUT2D eigenvalue weighted by molar-refractivity contribution is 5.30. The molecular formula is C20H27NO2. The van der Waals surface area contributed by atoms with Crippen molar-refractivity contribution in [1.29, 1.82) is 0 Å². The van der Waals surface area contributed by atoms with E-state index in [1.165, 1.54) is 16.7 Å². The van der Waals surface area contributed by atoms with Crippen molar-refractivity contribution in [2.75, 3.05) is 19.8 Å². The molecule has 0 bridgehead atoms. The average Bonchev–Trinajstić information content (AvgIpc) is 2.58. The molecule has 124 valence electrons. The molecule has 1 N–H and O–H groups in total. The Bertz CT molecular complexity index is 583. The third-order valence-electron chi connectivity index (χ3n) is 3.73. The van der Waals surface area contributed by atoms with Crippen LogP contribution in [-0.4, -0.2) is 19.8 Å². The summed E-state index contributed by atoms with van der Waals surface area (Å²) < 4.78 is 11.3. The first-order chi connectivity index (χ1) is 11.3. The van der Waals surface area contributed by atoms with E-state index < -0.39 is 0 Å². The highest BCUT2D eigenvalue weighted by Gasteiger charge is 2.00. The van der Waals surface area contributed by atoms with Crippen LogP contribution in [0.5, 0.6) is 5.75 Å². The van der Waals surface area contributed by atoms with E-state index in [2.05, 4.69) is 42.6 Å².